The molecule has 0 spiro atoms. The smallest absolute Gasteiger partial charge is 0.303 e. The van der Waals surface area contributed by atoms with Crippen LogP contribution in [0.5, 0.6) is 5.75 Å². The minimum Gasteiger partial charge on any atom is -0.491 e. The molecule has 2 aromatic carbocycles. The Morgan fingerprint density at radius 1 is 0.897 bits per heavy atom. The number of aryl methyl sites for hydroxylation is 2. The van der Waals surface area contributed by atoms with Gasteiger partial charge in [0, 0.05) is 17.4 Å². The summed E-state index contributed by atoms with van der Waals surface area (Å²) in [6.07, 6.45) is 2.28. The number of aliphatic carboxylic acids is 1. The normalized spacial score (nSPS) is 12.9. The van der Waals surface area contributed by atoms with Crippen molar-refractivity contribution < 1.29 is 29.3 Å². The number of aliphatic hydroxyl groups excluding tert-OH is 1. The molecule has 3 N–H and O–H groups in total. The number of ether oxygens (including phenoxy) is 1. The number of aliphatic hydroxyl groups is 2. The van der Waals surface area contributed by atoms with Crippen molar-refractivity contribution in [2.45, 2.75) is 97.2 Å². The first kappa shape index (κ1) is 30.5. The summed E-state index contributed by atoms with van der Waals surface area (Å²) in [5.74, 6) is 1.13. The Hall–Kier alpha value is -3.09. The van der Waals surface area contributed by atoms with Crippen molar-refractivity contribution in [3.63, 3.8) is 0 Å². The zero-order valence-corrected chi connectivity index (χ0v) is 24.2. The molecule has 0 saturated heterocycles. The lowest BCUT2D eigenvalue weighted by Crippen LogP contribution is -2.26. The van der Waals surface area contributed by atoms with E-state index in [-0.39, 0.29) is 24.9 Å². The fraction of sp³-hybridized carbons (Fsp3) is 0.485. The Kier molecular flexibility index (Phi) is 10.0. The molecular formula is C33H44O6. The van der Waals surface area contributed by atoms with Gasteiger partial charge in [0.15, 0.2) is 0 Å². The molecule has 0 amide bonds. The van der Waals surface area contributed by atoms with Gasteiger partial charge < -0.3 is 24.5 Å². The topological polar surface area (TPSA) is 100 Å². The van der Waals surface area contributed by atoms with E-state index in [4.69, 9.17) is 14.3 Å². The van der Waals surface area contributed by atoms with E-state index in [1.54, 1.807) is 0 Å². The molecule has 0 fully saturated rings. The maximum absolute atomic E-state index is 10.9. The second kappa shape index (κ2) is 12.8. The van der Waals surface area contributed by atoms with Gasteiger partial charge in [0.05, 0.1) is 6.10 Å². The number of carboxylic acids is 1. The van der Waals surface area contributed by atoms with Gasteiger partial charge >= 0.3 is 5.97 Å². The molecule has 0 aliphatic rings. The van der Waals surface area contributed by atoms with E-state index in [1.165, 1.54) is 11.1 Å². The van der Waals surface area contributed by atoms with Crippen LogP contribution in [0.4, 0.5) is 0 Å². The van der Waals surface area contributed by atoms with Crippen LogP contribution in [0, 0.1) is 13.8 Å². The second-order valence-corrected chi connectivity index (χ2v) is 10.6. The number of furan rings is 1. The predicted octanol–water partition coefficient (Wildman–Crippen LogP) is 7.28. The highest BCUT2D eigenvalue weighted by Crippen LogP contribution is 2.42. The summed E-state index contributed by atoms with van der Waals surface area (Å²) in [4.78, 5) is 10.7. The maximum Gasteiger partial charge on any atom is 0.303 e. The Balaban J connectivity index is 1.88. The van der Waals surface area contributed by atoms with E-state index in [0.717, 1.165) is 35.3 Å². The molecule has 3 aromatic rings. The number of carbonyl (C=O) groups is 1. The van der Waals surface area contributed by atoms with Gasteiger partial charge in [-0.3, -0.25) is 4.79 Å². The van der Waals surface area contributed by atoms with Gasteiger partial charge in [0.2, 0.25) is 0 Å². The first-order chi connectivity index (χ1) is 18.5. The van der Waals surface area contributed by atoms with E-state index in [9.17, 15) is 15.0 Å². The van der Waals surface area contributed by atoms with Gasteiger partial charge in [0.1, 0.15) is 29.5 Å². The Labute approximate surface area is 232 Å². The minimum atomic E-state index is -0.948. The average Bonchev–Trinajstić information content (AvgIpc) is 3.43. The van der Waals surface area contributed by atoms with Crippen molar-refractivity contribution >= 4 is 5.97 Å². The molecular weight excluding hydrogens is 492 g/mol. The molecule has 3 rings (SSSR count). The summed E-state index contributed by atoms with van der Waals surface area (Å²) >= 11 is 0. The van der Waals surface area contributed by atoms with E-state index in [1.807, 2.05) is 39.0 Å². The molecule has 0 bridgehead atoms. The third kappa shape index (κ3) is 6.56. The number of rotatable bonds is 14. The fourth-order valence-electron chi connectivity index (χ4n) is 5.47. The highest BCUT2D eigenvalue weighted by atomic mass is 16.5. The first-order valence-electron chi connectivity index (χ1n) is 14.1. The van der Waals surface area contributed by atoms with E-state index in [2.05, 4.69) is 51.1 Å². The van der Waals surface area contributed by atoms with Crippen LogP contribution in [0.2, 0.25) is 0 Å². The van der Waals surface area contributed by atoms with Crippen LogP contribution in [0.1, 0.15) is 94.2 Å². The third-order valence-corrected chi connectivity index (χ3v) is 8.34. The average molecular weight is 537 g/mol. The fourth-order valence-corrected chi connectivity index (χ4v) is 5.47. The molecule has 39 heavy (non-hydrogen) atoms. The molecule has 6 heteroatoms. The van der Waals surface area contributed by atoms with E-state index >= 15 is 0 Å². The maximum atomic E-state index is 10.9. The zero-order chi connectivity index (χ0) is 28.8. The lowest BCUT2D eigenvalue weighted by Gasteiger charge is -2.34. The zero-order valence-electron chi connectivity index (χ0n) is 24.2. The van der Waals surface area contributed by atoms with Crippen LogP contribution in [-0.4, -0.2) is 34.0 Å². The van der Waals surface area contributed by atoms with Crippen molar-refractivity contribution in [2.75, 3.05) is 6.61 Å². The molecule has 0 radical (unpaired) electrons. The molecule has 0 aliphatic carbocycles. The standard InChI is InChI=1S/C33H44O6/c1-7-32(8-2,25-12-15-28(23(6)20-25)38-21-26(34)13-18-31(35)36)24-11-14-27(22(5)19-24)29-16-17-30(39-29)33(37,9-3)10-4/h11-12,14-17,19-20,26,34,37H,7-10,13,18,21H2,1-6H3,(H,35,36). The van der Waals surface area contributed by atoms with Gasteiger partial charge in [-0.05, 0) is 86.4 Å². The van der Waals surface area contributed by atoms with Crippen LogP contribution in [0.25, 0.3) is 11.3 Å². The molecule has 1 unspecified atom stereocenters. The summed E-state index contributed by atoms with van der Waals surface area (Å²) in [6.45, 7) is 12.5. The number of hydrogen-bond acceptors (Lipinski definition) is 5. The van der Waals surface area contributed by atoms with Crippen molar-refractivity contribution in [1.29, 1.82) is 0 Å². The molecule has 6 nitrogen and oxygen atoms in total. The lowest BCUT2D eigenvalue weighted by atomic mass is 9.70. The van der Waals surface area contributed by atoms with Gasteiger partial charge in [-0.2, -0.15) is 0 Å². The summed E-state index contributed by atoms with van der Waals surface area (Å²) < 4.78 is 12.0. The third-order valence-electron chi connectivity index (χ3n) is 8.34. The van der Waals surface area contributed by atoms with Crippen LogP contribution < -0.4 is 4.74 Å². The number of hydrogen-bond donors (Lipinski definition) is 3. The SMILES string of the molecule is CCC(O)(CC)c1ccc(-c2ccc(C(CC)(CC)c3ccc(OCC(O)CCC(=O)O)c(C)c3)cc2C)o1. The van der Waals surface area contributed by atoms with Crippen LogP contribution in [0.3, 0.4) is 0 Å². The lowest BCUT2D eigenvalue weighted by molar-refractivity contribution is -0.137. The number of benzene rings is 2. The Bertz CT molecular complexity index is 1250. The van der Waals surface area contributed by atoms with Gasteiger partial charge in [0.25, 0.3) is 0 Å². The molecule has 0 saturated carbocycles. The predicted molar refractivity (Wildman–Crippen MR) is 154 cm³/mol. The monoisotopic (exact) mass is 536 g/mol. The summed E-state index contributed by atoms with van der Waals surface area (Å²) in [7, 11) is 0. The number of carboxylic acid groups (broad SMARTS) is 1. The van der Waals surface area contributed by atoms with Crippen molar-refractivity contribution in [1.82, 2.24) is 0 Å². The van der Waals surface area contributed by atoms with Crippen molar-refractivity contribution in [3.8, 4) is 17.1 Å². The van der Waals surface area contributed by atoms with Crippen molar-refractivity contribution in [2.24, 2.45) is 0 Å². The second-order valence-electron chi connectivity index (χ2n) is 10.6. The van der Waals surface area contributed by atoms with Crippen molar-refractivity contribution in [3.05, 3.63) is 76.5 Å². The van der Waals surface area contributed by atoms with E-state index in [0.29, 0.717) is 24.4 Å². The van der Waals surface area contributed by atoms with Gasteiger partial charge in [-0.15, -0.1) is 0 Å². The highest BCUT2D eigenvalue weighted by Gasteiger charge is 2.32. The van der Waals surface area contributed by atoms with E-state index < -0.39 is 17.7 Å². The highest BCUT2D eigenvalue weighted by molar-refractivity contribution is 5.66. The molecule has 0 aliphatic heterocycles. The summed E-state index contributed by atoms with van der Waals surface area (Å²) in [5, 5.41) is 29.7. The Morgan fingerprint density at radius 3 is 2.05 bits per heavy atom. The van der Waals surface area contributed by atoms with Gasteiger partial charge in [-0.25, -0.2) is 0 Å². The van der Waals surface area contributed by atoms with Crippen LogP contribution in [-0.2, 0) is 15.8 Å². The molecule has 1 atom stereocenters. The van der Waals surface area contributed by atoms with Gasteiger partial charge in [-0.1, -0.05) is 58.0 Å². The summed E-state index contributed by atoms with van der Waals surface area (Å²) in [5.41, 5.74) is 4.40. The largest absolute Gasteiger partial charge is 0.491 e. The van der Waals surface area contributed by atoms with Crippen LogP contribution >= 0.6 is 0 Å². The molecule has 1 aromatic heterocycles. The van der Waals surface area contributed by atoms with Crippen LogP contribution in [0.15, 0.2) is 52.9 Å². The molecule has 212 valence electrons. The Morgan fingerprint density at radius 2 is 1.51 bits per heavy atom. The molecule has 1 heterocycles. The summed E-state index contributed by atoms with van der Waals surface area (Å²) in [6, 6.07) is 16.6. The minimum absolute atomic E-state index is 0.0588. The quantitative estimate of drug-likeness (QED) is 0.200. The first-order valence-corrected chi connectivity index (χ1v) is 14.1.